The van der Waals surface area contributed by atoms with Crippen LogP contribution in [-0.4, -0.2) is 10.5 Å². The number of nitrogens with one attached hydrogen (secondary N) is 1. The van der Waals surface area contributed by atoms with E-state index in [0.717, 1.165) is 30.2 Å². The molecule has 1 aromatic heterocycles. The fourth-order valence-corrected chi connectivity index (χ4v) is 3.66. The second kappa shape index (κ2) is 5.78. The van der Waals surface area contributed by atoms with Gasteiger partial charge in [0.05, 0.1) is 11.6 Å². The average molecular weight is 322 g/mol. The standard InChI is InChI=1S/C20H19FN2O/c1-23-18-12-15(21)10-9-14(18)11-19(23)20(24)22-17-8-4-6-13-5-2-3-7-16(13)17/h2-3,5,7,9-12,17H,4,6,8H2,1H3,(H,22,24). The highest BCUT2D eigenvalue weighted by Crippen LogP contribution is 2.30. The van der Waals surface area contributed by atoms with Gasteiger partial charge in [-0.1, -0.05) is 24.3 Å². The van der Waals surface area contributed by atoms with Crippen LogP contribution in [0.4, 0.5) is 4.39 Å². The van der Waals surface area contributed by atoms with Crippen molar-refractivity contribution in [1.82, 2.24) is 9.88 Å². The van der Waals surface area contributed by atoms with Crippen LogP contribution in [-0.2, 0) is 13.5 Å². The smallest absolute Gasteiger partial charge is 0.268 e. The quantitative estimate of drug-likeness (QED) is 0.756. The summed E-state index contributed by atoms with van der Waals surface area (Å²) < 4.78 is 15.2. The maximum Gasteiger partial charge on any atom is 0.268 e. The van der Waals surface area contributed by atoms with Crippen molar-refractivity contribution in [1.29, 1.82) is 0 Å². The van der Waals surface area contributed by atoms with Gasteiger partial charge in [0.2, 0.25) is 0 Å². The molecule has 3 aromatic rings. The van der Waals surface area contributed by atoms with Crippen LogP contribution in [0.15, 0.2) is 48.5 Å². The van der Waals surface area contributed by atoms with E-state index in [1.807, 2.05) is 18.2 Å². The van der Waals surface area contributed by atoms with Crippen molar-refractivity contribution in [3.63, 3.8) is 0 Å². The zero-order valence-corrected chi connectivity index (χ0v) is 13.6. The molecule has 4 rings (SSSR count). The van der Waals surface area contributed by atoms with Crippen molar-refractivity contribution >= 4 is 16.8 Å². The molecule has 0 fully saturated rings. The highest BCUT2D eigenvalue weighted by Gasteiger charge is 2.23. The molecule has 1 aliphatic rings. The summed E-state index contributed by atoms with van der Waals surface area (Å²) in [6, 6.07) is 14.7. The number of hydrogen-bond acceptors (Lipinski definition) is 1. The molecule has 24 heavy (non-hydrogen) atoms. The largest absolute Gasteiger partial charge is 0.344 e. The zero-order chi connectivity index (χ0) is 16.7. The highest BCUT2D eigenvalue weighted by atomic mass is 19.1. The molecule has 1 amide bonds. The molecule has 1 atom stereocenters. The fraction of sp³-hybridized carbons (Fsp3) is 0.250. The van der Waals surface area contributed by atoms with Gasteiger partial charge in [-0.3, -0.25) is 4.79 Å². The Hall–Kier alpha value is -2.62. The molecular formula is C20H19FN2O. The molecule has 1 heterocycles. The first-order chi connectivity index (χ1) is 11.6. The van der Waals surface area contributed by atoms with Crippen molar-refractivity contribution in [2.45, 2.75) is 25.3 Å². The molecule has 0 bridgehead atoms. The molecule has 1 N–H and O–H groups in total. The van der Waals surface area contributed by atoms with Crippen molar-refractivity contribution < 1.29 is 9.18 Å². The third-order valence-electron chi connectivity index (χ3n) is 4.91. The molecule has 1 aliphatic carbocycles. The minimum Gasteiger partial charge on any atom is -0.344 e. The predicted molar refractivity (Wildman–Crippen MR) is 92.5 cm³/mol. The Morgan fingerprint density at radius 2 is 2.04 bits per heavy atom. The van der Waals surface area contributed by atoms with Gasteiger partial charge in [-0.05, 0) is 54.7 Å². The lowest BCUT2D eigenvalue weighted by atomic mass is 9.87. The van der Waals surface area contributed by atoms with Crippen molar-refractivity contribution in [3.05, 3.63) is 71.2 Å². The van der Waals surface area contributed by atoms with Gasteiger partial charge in [-0.25, -0.2) is 4.39 Å². The Bertz CT molecular complexity index is 929. The molecule has 0 aliphatic heterocycles. The summed E-state index contributed by atoms with van der Waals surface area (Å²) in [6.45, 7) is 0. The SMILES string of the molecule is Cn1c(C(=O)NC2CCCc3ccccc32)cc2ccc(F)cc21. The normalized spacial score (nSPS) is 16.8. The minimum atomic E-state index is -0.295. The Kier molecular flexibility index (Phi) is 3.60. The van der Waals surface area contributed by atoms with Crippen LogP contribution in [0, 0.1) is 5.82 Å². The van der Waals surface area contributed by atoms with Crippen LogP contribution >= 0.6 is 0 Å². The minimum absolute atomic E-state index is 0.0391. The van der Waals surface area contributed by atoms with Gasteiger partial charge in [0.25, 0.3) is 5.91 Å². The first kappa shape index (κ1) is 14.9. The van der Waals surface area contributed by atoms with E-state index in [-0.39, 0.29) is 17.8 Å². The van der Waals surface area contributed by atoms with Gasteiger partial charge in [-0.15, -0.1) is 0 Å². The Morgan fingerprint density at radius 3 is 2.92 bits per heavy atom. The Labute approximate surface area is 140 Å². The number of rotatable bonds is 2. The summed E-state index contributed by atoms with van der Waals surface area (Å²) in [5.41, 5.74) is 3.80. The van der Waals surface area contributed by atoms with Crippen LogP contribution in [0.2, 0.25) is 0 Å². The van der Waals surface area contributed by atoms with E-state index >= 15 is 0 Å². The summed E-state index contributed by atoms with van der Waals surface area (Å²) in [7, 11) is 1.80. The first-order valence-electron chi connectivity index (χ1n) is 8.27. The van der Waals surface area contributed by atoms with Crippen LogP contribution in [0.1, 0.15) is 40.5 Å². The van der Waals surface area contributed by atoms with Gasteiger partial charge in [0, 0.05) is 12.4 Å². The van der Waals surface area contributed by atoms with E-state index in [4.69, 9.17) is 0 Å². The third-order valence-corrected chi connectivity index (χ3v) is 4.91. The molecule has 122 valence electrons. The van der Waals surface area contributed by atoms with Crippen LogP contribution in [0.25, 0.3) is 10.9 Å². The number of hydrogen-bond donors (Lipinski definition) is 1. The summed E-state index contributed by atoms with van der Waals surface area (Å²) >= 11 is 0. The van der Waals surface area contributed by atoms with E-state index in [1.165, 1.54) is 23.3 Å². The number of benzene rings is 2. The second-order valence-corrected chi connectivity index (χ2v) is 6.41. The maximum atomic E-state index is 13.5. The highest BCUT2D eigenvalue weighted by molar-refractivity contribution is 5.98. The summed E-state index contributed by atoms with van der Waals surface area (Å²) in [5.74, 6) is -0.410. The van der Waals surface area contributed by atoms with Crippen molar-refractivity contribution in [2.24, 2.45) is 7.05 Å². The molecule has 4 heteroatoms. The number of amides is 1. The summed E-state index contributed by atoms with van der Waals surface area (Å²) in [4.78, 5) is 12.8. The molecule has 3 nitrogen and oxygen atoms in total. The van der Waals surface area contributed by atoms with Crippen molar-refractivity contribution in [3.8, 4) is 0 Å². The molecule has 0 spiro atoms. The first-order valence-corrected chi connectivity index (χ1v) is 8.27. The van der Waals surface area contributed by atoms with E-state index in [2.05, 4.69) is 17.4 Å². The lowest BCUT2D eigenvalue weighted by molar-refractivity contribution is 0.0925. The van der Waals surface area contributed by atoms with E-state index in [9.17, 15) is 9.18 Å². The van der Waals surface area contributed by atoms with E-state index in [1.54, 1.807) is 17.7 Å². The molecule has 0 saturated carbocycles. The van der Waals surface area contributed by atoms with Gasteiger partial charge in [-0.2, -0.15) is 0 Å². The second-order valence-electron chi connectivity index (χ2n) is 6.41. The topological polar surface area (TPSA) is 34.0 Å². The lowest BCUT2D eigenvalue weighted by Gasteiger charge is -2.26. The average Bonchev–Trinajstić information content (AvgIpc) is 2.92. The van der Waals surface area contributed by atoms with Crippen molar-refractivity contribution in [2.75, 3.05) is 0 Å². The zero-order valence-electron chi connectivity index (χ0n) is 13.6. The van der Waals surface area contributed by atoms with Gasteiger partial charge in [0.1, 0.15) is 11.5 Å². The van der Waals surface area contributed by atoms with Crippen LogP contribution in [0.5, 0.6) is 0 Å². The number of halogens is 1. The number of aromatic nitrogens is 1. The molecule has 0 radical (unpaired) electrons. The number of aryl methyl sites for hydroxylation is 2. The van der Waals surface area contributed by atoms with Gasteiger partial charge in [0.15, 0.2) is 0 Å². The van der Waals surface area contributed by atoms with Gasteiger partial charge < -0.3 is 9.88 Å². The maximum absolute atomic E-state index is 13.5. The number of carbonyl (C=O) groups is 1. The molecule has 2 aromatic carbocycles. The number of fused-ring (bicyclic) bond motifs is 2. The fourth-order valence-electron chi connectivity index (χ4n) is 3.66. The van der Waals surface area contributed by atoms with Gasteiger partial charge >= 0.3 is 0 Å². The summed E-state index contributed by atoms with van der Waals surface area (Å²) in [5, 5.41) is 4.02. The predicted octanol–water partition coefficient (Wildman–Crippen LogP) is 4.12. The molecular weight excluding hydrogens is 303 g/mol. The number of nitrogens with zero attached hydrogens (tertiary/aromatic N) is 1. The lowest BCUT2D eigenvalue weighted by Crippen LogP contribution is -2.32. The monoisotopic (exact) mass is 322 g/mol. The molecule has 1 unspecified atom stereocenters. The van der Waals surface area contributed by atoms with E-state index in [0.29, 0.717) is 5.69 Å². The molecule has 0 saturated heterocycles. The third kappa shape index (κ3) is 2.48. The van der Waals surface area contributed by atoms with E-state index < -0.39 is 0 Å². The Morgan fingerprint density at radius 1 is 1.21 bits per heavy atom. The Balaban J connectivity index is 1.65. The van der Waals surface area contributed by atoms with Crippen LogP contribution < -0.4 is 5.32 Å². The van der Waals surface area contributed by atoms with Crippen LogP contribution in [0.3, 0.4) is 0 Å². The summed E-state index contributed by atoms with van der Waals surface area (Å²) in [6.07, 6.45) is 3.08. The number of carbonyl (C=O) groups excluding carboxylic acids is 1.